The normalized spacial score (nSPS) is 21.3. The predicted octanol–water partition coefficient (Wildman–Crippen LogP) is 0.606. The van der Waals surface area contributed by atoms with E-state index in [2.05, 4.69) is 15.5 Å². The molecule has 96 valence electrons. The van der Waals surface area contributed by atoms with Crippen molar-refractivity contribution in [3.05, 3.63) is 11.7 Å². The average Bonchev–Trinajstić information content (AvgIpc) is 2.86. The van der Waals surface area contributed by atoms with Gasteiger partial charge in [-0.3, -0.25) is 9.69 Å². The maximum absolute atomic E-state index is 12.2. The summed E-state index contributed by atoms with van der Waals surface area (Å²) in [7, 11) is 0. The van der Waals surface area contributed by atoms with E-state index < -0.39 is 5.54 Å². The number of nitrogens with one attached hydrogen (secondary N) is 1. The molecule has 0 aromatic carbocycles. The molecule has 3 rings (SSSR count). The first kappa shape index (κ1) is 11.2. The molecule has 7 heteroatoms. The van der Waals surface area contributed by atoms with E-state index in [1.165, 1.54) is 0 Å². The molecule has 0 atom stereocenters. The van der Waals surface area contributed by atoms with E-state index >= 15 is 0 Å². The van der Waals surface area contributed by atoms with Gasteiger partial charge < -0.3 is 9.84 Å². The number of hydrogen-bond donors (Lipinski definition) is 1. The van der Waals surface area contributed by atoms with Gasteiger partial charge in [0, 0.05) is 6.42 Å². The highest BCUT2D eigenvalue weighted by Crippen LogP contribution is 2.37. The van der Waals surface area contributed by atoms with Crippen LogP contribution in [0.1, 0.15) is 37.9 Å². The highest BCUT2D eigenvalue weighted by molar-refractivity contribution is 6.07. The Morgan fingerprint density at radius 3 is 2.72 bits per heavy atom. The van der Waals surface area contributed by atoms with Crippen molar-refractivity contribution in [1.82, 2.24) is 20.4 Å². The number of nitrogens with zero attached hydrogens (tertiary/aromatic N) is 3. The lowest BCUT2D eigenvalue weighted by atomic mass is 9.77. The molecule has 1 spiro atoms. The zero-order valence-electron chi connectivity index (χ0n) is 10.1. The predicted molar refractivity (Wildman–Crippen MR) is 59.3 cm³/mol. The molecular formula is C11H14N4O3. The molecule has 1 aromatic heterocycles. The number of aryl methyl sites for hydroxylation is 1. The summed E-state index contributed by atoms with van der Waals surface area (Å²) in [5.41, 5.74) is -0.648. The molecule has 1 aromatic rings. The lowest BCUT2D eigenvalue weighted by molar-refractivity contribution is -0.134. The molecule has 7 nitrogen and oxygen atoms in total. The molecule has 2 aliphatic rings. The van der Waals surface area contributed by atoms with Crippen molar-refractivity contribution in [2.75, 3.05) is 0 Å². The zero-order chi connectivity index (χ0) is 12.8. The van der Waals surface area contributed by atoms with Crippen LogP contribution in [-0.2, 0) is 17.8 Å². The van der Waals surface area contributed by atoms with Gasteiger partial charge in [-0.15, -0.1) is 0 Å². The Hall–Kier alpha value is -1.92. The SMILES string of the molecule is CCc1noc(CN2C(=O)NC3(CCC3)C2=O)n1. The van der Waals surface area contributed by atoms with Crippen molar-refractivity contribution in [2.45, 2.75) is 44.7 Å². The van der Waals surface area contributed by atoms with Crippen LogP contribution in [0.25, 0.3) is 0 Å². The summed E-state index contributed by atoms with van der Waals surface area (Å²) in [6, 6.07) is -0.365. The van der Waals surface area contributed by atoms with E-state index in [0.717, 1.165) is 24.2 Å². The fraction of sp³-hybridized carbons (Fsp3) is 0.636. The number of imide groups is 1. The van der Waals surface area contributed by atoms with E-state index in [1.54, 1.807) is 0 Å². The molecule has 3 amide bonds. The summed E-state index contributed by atoms with van der Waals surface area (Å²) in [5, 5.41) is 6.50. The lowest BCUT2D eigenvalue weighted by Gasteiger charge is -2.34. The molecule has 0 bridgehead atoms. The minimum absolute atomic E-state index is 0.0550. The van der Waals surface area contributed by atoms with Crippen molar-refractivity contribution < 1.29 is 14.1 Å². The van der Waals surface area contributed by atoms with Crippen LogP contribution in [0.4, 0.5) is 4.79 Å². The van der Waals surface area contributed by atoms with Gasteiger partial charge in [0.1, 0.15) is 12.1 Å². The Labute approximate surface area is 104 Å². The molecule has 1 saturated heterocycles. The van der Waals surface area contributed by atoms with Gasteiger partial charge in [0.05, 0.1) is 0 Å². The largest absolute Gasteiger partial charge is 0.337 e. The first-order valence-electron chi connectivity index (χ1n) is 6.10. The monoisotopic (exact) mass is 250 g/mol. The highest BCUT2D eigenvalue weighted by Gasteiger charge is 2.54. The number of amides is 3. The minimum atomic E-state index is -0.648. The number of carbonyl (C=O) groups is 2. The van der Waals surface area contributed by atoms with Gasteiger partial charge in [-0.2, -0.15) is 4.98 Å². The van der Waals surface area contributed by atoms with E-state index in [-0.39, 0.29) is 18.5 Å². The maximum atomic E-state index is 12.2. The summed E-state index contributed by atoms with van der Waals surface area (Å²) >= 11 is 0. The molecule has 18 heavy (non-hydrogen) atoms. The third-order valence-electron chi connectivity index (χ3n) is 3.57. The van der Waals surface area contributed by atoms with E-state index in [1.807, 2.05) is 6.92 Å². The van der Waals surface area contributed by atoms with Crippen molar-refractivity contribution in [3.8, 4) is 0 Å². The van der Waals surface area contributed by atoms with Gasteiger partial charge >= 0.3 is 6.03 Å². The van der Waals surface area contributed by atoms with Crippen LogP contribution in [-0.4, -0.2) is 32.5 Å². The Balaban J connectivity index is 1.76. The molecular weight excluding hydrogens is 236 g/mol. The van der Waals surface area contributed by atoms with Crippen LogP contribution in [0, 0.1) is 0 Å². The van der Waals surface area contributed by atoms with Gasteiger partial charge in [0.2, 0.25) is 5.89 Å². The summed E-state index contributed by atoms with van der Waals surface area (Å²) in [4.78, 5) is 29.2. The van der Waals surface area contributed by atoms with E-state index in [4.69, 9.17) is 4.52 Å². The topological polar surface area (TPSA) is 88.3 Å². The Bertz CT molecular complexity index is 506. The van der Waals surface area contributed by atoms with Crippen LogP contribution >= 0.6 is 0 Å². The first-order valence-corrected chi connectivity index (χ1v) is 6.10. The second kappa shape index (κ2) is 3.79. The lowest BCUT2D eigenvalue weighted by Crippen LogP contribution is -2.52. The fourth-order valence-corrected chi connectivity index (χ4v) is 2.32. The van der Waals surface area contributed by atoms with Crippen LogP contribution in [0.2, 0.25) is 0 Å². The molecule has 0 unspecified atom stereocenters. The van der Waals surface area contributed by atoms with Gasteiger partial charge in [0.15, 0.2) is 5.82 Å². The van der Waals surface area contributed by atoms with Gasteiger partial charge in [-0.1, -0.05) is 12.1 Å². The van der Waals surface area contributed by atoms with E-state index in [0.29, 0.717) is 18.1 Å². The number of rotatable bonds is 3. The summed E-state index contributed by atoms with van der Waals surface area (Å²) in [6.07, 6.45) is 3.07. The van der Waals surface area contributed by atoms with Gasteiger partial charge in [-0.05, 0) is 19.3 Å². The molecule has 2 heterocycles. The van der Waals surface area contributed by atoms with E-state index in [9.17, 15) is 9.59 Å². The standard InChI is InChI=1S/C11H14N4O3/c1-2-7-12-8(18-14-7)6-15-9(16)11(4-3-5-11)13-10(15)17/h2-6H2,1H3,(H,13,17). The molecule has 0 radical (unpaired) electrons. The van der Waals surface area contributed by atoms with Gasteiger partial charge in [0.25, 0.3) is 5.91 Å². The second-order valence-electron chi connectivity index (χ2n) is 4.72. The fourth-order valence-electron chi connectivity index (χ4n) is 2.32. The first-order chi connectivity index (χ1) is 8.64. The number of hydrogen-bond acceptors (Lipinski definition) is 5. The average molecular weight is 250 g/mol. The van der Waals surface area contributed by atoms with Crippen LogP contribution in [0.3, 0.4) is 0 Å². The van der Waals surface area contributed by atoms with Crippen LogP contribution in [0.5, 0.6) is 0 Å². The van der Waals surface area contributed by atoms with Gasteiger partial charge in [-0.25, -0.2) is 4.79 Å². The van der Waals surface area contributed by atoms with Crippen molar-refractivity contribution in [2.24, 2.45) is 0 Å². The maximum Gasteiger partial charge on any atom is 0.325 e. The van der Waals surface area contributed by atoms with Crippen molar-refractivity contribution in [3.63, 3.8) is 0 Å². The molecule has 2 fully saturated rings. The molecule has 1 N–H and O–H groups in total. The Kier molecular flexibility index (Phi) is 2.36. The van der Waals surface area contributed by atoms with Crippen molar-refractivity contribution in [1.29, 1.82) is 0 Å². The third kappa shape index (κ3) is 1.50. The molecule has 1 aliphatic heterocycles. The molecule has 1 aliphatic carbocycles. The van der Waals surface area contributed by atoms with Crippen molar-refractivity contribution >= 4 is 11.9 Å². The second-order valence-corrected chi connectivity index (χ2v) is 4.72. The number of aromatic nitrogens is 2. The summed E-state index contributed by atoms with van der Waals surface area (Å²) < 4.78 is 5.00. The van der Waals surface area contributed by atoms with Crippen LogP contribution in [0.15, 0.2) is 4.52 Å². The molecule has 1 saturated carbocycles. The quantitative estimate of drug-likeness (QED) is 0.794. The Morgan fingerprint density at radius 2 is 2.22 bits per heavy atom. The summed E-state index contributed by atoms with van der Waals surface area (Å²) in [5.74, 6) is 0.706. The zero-order valence-corrected chi connectivity index (χ0v) is 10.1. The third-order valence-corrected chi connectivity index (χ3v) is 3.57. The number of carbonyl (C=O) groups excluding carboxylic acids is 2. The summed E-state index contributed by atoms with van der Waals surface area (Å²) in [6.45, 7) is 1.96. The van der Waals surface area contributed by atoms with Crippen LogP contribution < -0.4 is 5.32 Å². The smallest absolute Gasteiger partial charge is 0.325 e. The highest BCUT2D eigenvalue weighted by atomic mass is 16.5. The Morgan fingerprint density at radius 1 is 1.44 bits per heavy atom. The minimum Gasteiger partial charge on any atom is -0.337 e. The number of urea groups is 1.